The molecule has 4 nitrogen and oxygen atoms in total. The summed E-state index contributed by atoms with van der Waals surface area (Å²) in [5, 5.41) is 9.67. The number of rotatable bonds is 3. The molecule has 2 fully saturated rings. The van der Waals surface area contributed by atoms with Gasteiger partial charge in [0.2, 0.25) is 0 Å². The van der Waals surface area contributed by atoms with Crippen LogP contribution in [-0.2, 0) is 4.79 Å². The highest BCUT2D eigenvalue weighted by Gasteiger charge is 2.48. The number of aliphatic carboxylic acids is 1. The van der Waals surface area contributed by atoms with Crippen LogP contribution in [0.4, 0.5) is 0 Å². The lowest BCUT2D eigenvalue weighted by atomic mass is 10.1. The number of halogens is 1. The standard InChI is InChI=1S/C14H14ClNO3S/c15-10-4-2-1-3-9(10)12(17)16-11(14(18)19)7-20-13(16)8-5-6-8/h1-4,8,11,13H,5-7H2,(H,18,19). The third-order valence-corrected chi connectivity index (χ3v) is 5.48. The van der Waals surface area contributed by atoms with Gasteiger partial charge in [0.1, 0.15) is 6.04 Å². The molecule has 1 saturated carbocycles. The lowest BCUT2D eigenvalue weighted by molar-refractivity contribution is -0.141. The minimum atomic E-state index is -0.943. The Bertz CT molecular complexity index is 561. The Kier molecular flexibility index (Phi) is 3.65. The van der Waals surface area contributed by atoms with Gasteiger partial charge in [0.05, 0.1) is 16.0 Å². The van der Waals surface area contributed by atoms with Crippen molar-refractivity contribution in [3.63, 3.8) is 0 Å². The molecule has 0 spiro atoms. The molecule has 106 valence electrons. The third kappa shape index (κ3) is 2.40. The summed E-state index contributed by atoms with van der Waals surface area (Å²) in [5.74, 6) is -0.339. The van der Waals surface area contributed by atoms with Gasteiger partial charge in [0.25, 0.3) is 5.91 Å². The number of nitrogens with zero attached hydrogens (tertiary/aromatic N) is 1. The van der Waals surface area contributed by atoms with Crippen molar-refractivity contribution in [2.75, 3.05) is 5.75 Å². The van der Waals surface area contributed by atoms with Crippen molar-refractivity contribution in [2.24, 2.45) is 5.92 Å². The average Bonchev–Trinajstić information content (AvgIpc) is 3.17. The molecule has 2 atom stereocenters. The first-order valence-corrected chi connectivity index (χ1v) is 7.94. The van der Waals surface area contributed by atoms with Gasteiger partial charge in [-0.05, 0) is 30.9 Å². The maximum Gasteiger partial charge on any atom is 0.327 e. The van der Waals surface area contributed by atoms with Crippen LogP contribution in [0, 0.1) is 5.92 Å². The minimum absolute atomic E-state index is 0.0279. The van der Waals surface area contributed by atoms with Crippen LogP contribution in [0.25, 0.3) is 0 Å². The summed E-state index contributed by atoms with van der Waals surface area (Å²) in [6.45, 7) is 0. The van der Waals surface area contributed by atoms with Crippen LogP contribution in [0.5, 0.6) is 0 Å². The predicted octanol–water partition coefficient (Wildman–Crippen LogP) is 2.72. The van der Waals surface area contributed by atoms with Crippen molar-refractivity contribution in [2.45, 2.75) is 24.3 Å². The largest absolute Gasteiger partial charge is 0.480 e. The zero-order chi connectivity index (χ0) is 14.3. The van der Waals surface area contributed by atoms with Crippen LogP contribution >= 0.6 is 23.4 Å². The molecule has 2 aliphatic rings. The van der Waals surface area contributed by atoms with Crippen molar-refractivity contribution in [1.29, 1.82) is 0 Å². The smallest absolute Gasteiger partial charge is 0.327 e. The van der Waals surface area contributed by atoms with E-state index in [0.717, 1.165) is 12.8 Å². The zero-order valence-electron chi connectivity index (χ0n) is 10.7. The van der Waals surface area contributed by atoms with E-state index in [9.17, 15) is 14.7 Å². The van der Waals surface area contributed by atoms with Gasteiger partial charge in [-0.25, -0.2) is 4.79 Å². The Hall–Kier alpha value is -1.20. The maximum atomic E-state index is 12.7. The van der Waals surface area contributed by atoms with Crippen LogP contribution < -0.4 is 0 Å². The van der Waals surface area contributed by atoms with E-state index >= 15 is 0 Å². The molecule has 3 rings (SSSR count). The van der Waals surface area contributed by atoms with Crippen LogP contribution in [0.1, 0.15) is 23.2 Å². The molecule has 1 amide bonds. The summed E-state index contributed by atoms with van der Waals surface area (Å²) in [5.41, 5.74) is 0.383. The van der Waals surface area contributed by atoms with E-state index < -0.39 is 12.0 Å². The van der Waals surface area contributed by atoms with E-state index in [-0.39, 0.29) is 11.3 Å². The fraction of sp³-hybridized carbons (Fsp3) is 0.429. The molecule has 1 saturated heterocycles. The molecule has 2 unspecified atom stereocenters. The molecule has 0 bridgehead atoms. The summed E-state index contributed by atoms with van der Waals surface area (Å²) in [7, 11) is 0. The van der Waals surface area contributed by atoms with Gasteiger partial charge in [0.15, 0.2) is 0 Å². The van der Waals surface area contributed by atoms with Crippen molar-refractivity contribution in [1.82, 2.24) is 4.90 Å². The van der Waals surface area contributed by atoms with E-state index in [4.69, 9.17) is 11.6 Å². The van der Waals surface area contributed by atoms with E-state index in [1.54, 1.807) is 36.0 Å². The van der Waals surface area contributed by atoms with Gasteiger partial charge < -0.3 is 10.0 Å². The summed E-state index contributed by atoms with van der Waals surface area (Å²) in [6, 6.07) is 6.04. The number of carbonyl (C=O) groups is 2. The first kappa shape index (κ1) is 13.8. The van der Waals surface area contributed by atoms with Crippen molar-refractivity contribution in [3.05, 3.63) is 34.9 Å². The number of carboxylic acids is 1. The molecule has 1 aromatic rings. The van der Waals surface area contributed by atoms with E-state index in [1.807, 2.05) is 0 Å². The molecule has 1 heterocycles. The van der Waals surface area contributed by atoms with Crippen molar-refractivity contribution < 1.29 is 14.7 Å². The molecule has 1 aliphatic carbocycles. The van der Waals surface area contributed by atoms with Gasteiger partial charge in [-0.2, -0.15) is 0 Å². The first-order valence-electron chi connectivity index (χ1n) is 6.51. The van der Waals surface area contributed by atoms with Crippen LogP contribution in [0.15, 0.2) is 24.3 Å². The first-order chi connectivity index (χ1) is 9.59. The molecule has 1 aromatic carbocycles. The monoisotopic (exact) mass is 311 g/mol. The van der Waals surface area contributed by atoms with Gasteiger partial charge in [-0.1, -0.05) is 23.7 Å². The molecule has 0 radical (unpaired) electrons. The normalized spacial score (nSPS) is 25.8. The summed E-state index contributed by atoms with van der Waals surface area (Å²) in [4.78, 5) is 25.6. The van der Waals surface area contributed by atoms with E-state index in [0.29, 0.717) is 22.3 Å². The van der Waals surface area contributed by atoms with Gasteiger partial charge in [0, 0.05) is 5.75 Å². The Morgan fingerprint density at radius 3 is 2.60 bits per heavy atom. The fourth-order valence-corrected chi connectivity index (χ4v) is 4.34. The highest BCUT2D eigenvalue weighted by molar-refractivity contribution is 8.00. The number of carbonyl (C=O) groups excluding carboxylic acids is 1. The Morgan fingerprint density at radius 2 is 2.00 bits per heavy atom. The lowest BCUT2D eigenvalue weighted by Gasteiger charge is -2.27. The van der Waals surface area contributed by atoms with Crippen LogP contribution in [0.2, 0.25) is 5.02 Å². The predicted molar refractivity (Wildman–Crippen MR) is 78.0 cm³/mol. The van der Waals surface area contributed by atoms with E-state index in [2.05, 4.69) is 0 Å². The quantitative estimate of drug-likeness (QED) is 0.932. The molecule has 6 heteroatoms. The Labute approximate surface area is 126 Å². The number of benzene rings is 1. The summed E-state index contributed by atoms with van der Waals surface area (Å²) < 4.78 is 0. The van der Waals surface area contributed by atoms with Crippen LogP contribution in [0.3, 0.4) is 0 Å². The Balaban J connectivity index is 1.93. The number of thioether (sulfide) groups is 1. The zero-order valence-corrected chi connectivity index (χ0v) is 12.2. The maximum absolute atomic E-state index is 12.7. The molecule has 1 N–H and O–H groups in total. The minimum Gasteiger partial charge on any atom is -0.480 e. The lowest BCUT2D eigenvalue weighted by Crippen LogP contribution is -2.46. The van der Waals surface area contributed by atoms with E-state index in [1.165, 1.54) is 4.90 Å². The number of hydrogen-bond acceptors (Lipinski definition) is 3. The topological polar surface area (TPSA) is 57.6 Å². The average molecular weight is 312 g/mol. The second kappa shape index (κ2) is 5.30. The molecule has 20 heavy (non-hydrogen) atoms. The molecule has 1 aliphatic heterocycles. The molecule has 0 aromatic heterocycles. The number of carboxylic acid groups (broad SMARTS) is 1. The van der Waals surface area contributed by atoms with Crippen LogP contribution in [-0.4, -0.2) is 39.1 Å². The summed E-state index contributed by atoms with van der Waals surface area (Å²) >= 11 is 7.63. The number of hydrogen-bond donors (Lipinski definition) is 1. The highest BCUT2D eigenvalue weighted by Crippen LogP contribution is 2.46. The second-order valence-corrected chi connectivity index (χ2v) is 6.66. The van der Waals surface area contributed by atoms with Gasteiger partial charge in [-0.3, -0.25) is 4.79 Å². The van der Waals surface area contributed by atoms with Gasteiger partial charge in [-0.15, -0.1) is 11.8 Å². The third-order valence-electron chi connectivity index (χ3n) is 3.68. The molecular weight excluding hydrogens is 298 g/mol. The van der Waals surface area contributed by atoms with Gasteiger partial charge >= 0.3 is 5.97 Å². The Morgan fingerprint density at radius 1 is 1.30 bits per heavy atom. The van der Waals surface area contributed by atoms with Crippen molar-refractivity contribution in [3.8, 4) is 0 Å². The molecular formula is C14H14ClNO3S. The van der Waals surface area contributed by atoms with Crippen molar-refractivity contribution >= 4 is 35.2 Å². The fourth-order valence-electron chi connectivity index (χ4n) is 2.49. The second-order valence-electron chi connectivity index (χ2n) is 5.11. The highest BCUT2D eigenvalue weighted by atomic mass is 35.5. The summed E-state index contributed by atoms with van der Waals surface area (Å²) in [6.07, 6.45) is 2.13. The SMILES string of the molecule is O=C(O)C1CSC(C2CC2)N1C(=O)c1ccccc1Cl. The number of amides is 1.